The first kappa shape index (κ1) is 28.7. The summed E-state index contributed by atoms with van der Waals surface area (Å²) in [6.07, 6.45) is 29.2. The van der Waals surface area contributed by atoms with Gasteiger partial charge in [0.15, 0.2) is 5.83 Å². The lowest BCUT2D eigenvalue weighted by Crippen LogP contribution is -2.17. The lowest BCUT2D eigenvalue weighted by molar-refractivity contribution is 0.225. The normalized spacial score (nSPS) is 25.2. The summed E-state index contributed by atoms with van der Waals surface area (Å²) in [7, 11) is 0. The van der Waals surface area contributed by atoms with Gasteiger partial charge in [-0.05, 0) is 92.2 Å². The van der Waals surface area contributed by atoms with Gasteiger partial charge in [0.05, 0.1) is 0 Å². The number of hydrogen-bond donors (Lipinski definition) is 0. The van der Waals surface area contributed by atoms with Crippen molar-refractivity contribution in [3.05, 3.63) is 59.4 Å². The van der Waals surface area contributed by atoms with E-state index in [9.17, 15) is 4.39 Å². The number of allylic oxidation sites excluding steroid dienone is 4. The van der Waals surface area contributed by atoms with E-state index in [1.165, 1.54) is 127 Å². The number of halogens is 1. The van der Waals surface area contributed by atoms with Gasteiger partial charge in [0, 0.05) is 0 Å². The smallest absolute Gasteiger partial charge is 0.195 e. The molecule has 3 rings (SSSR count). The van der Waals surface area contributed by atoms with Gasteiger partial charge in [0.1, 0.15) is 6.07 Å². The van der Waals surface area contributed by atoms with E-state index < -0.39 is 5.83 Å². The van der Waals surface area contributed by atoms with E-state index in [0.717, 1.165) is 30.1 Å². The largest absolute Gasteiger partial charge is 0.199 e. The Morgan fingerprint density at radius 3 is 2.03 bits per heavy atom. The Balaban J connectivity index is 1.26. The zero-order valence-corrected chi connectivity index (χ0v) is 22.9. The van der Waals surface area contributed by atoms with Crippen LogP contribution in [0.1, 0.15) is 133 Å². The minimum Gasteiger partial charge on any atom is -0.195 e. The summed E-state index contributed by atoms with van der Waals surface area (Å²) >= 11 is 0. The molecular formula is C34H50FN. The van der Waals surface area contributed by atoms with Crippen LogP contribution < -0.4 is 0 Å². The fraction of sp³-hybridized carbons (Fsp3) is 0.676. The Morgan fingerprint density at radius 1 is 0.833 bits per heavy atom. The summed E-state index contributed by atoms with van der Waals surface area (Å²) in [5, 5.41) is 8.43. The van der Waals surface area contributed by atoms with E-state index in [2.05, 4.69) is 31.2 Å². The molecule has 2 aliphatic carbocycles. The standard InChI is InChI=1S/C34H50FN/c1-2-3-4-5-7-10-29-19-23-32(24-20-29)33-25-21-31(22-26-33)18-17-30-15-13-28(14-16-30)11-8-6-9-12-34(35)27-36/h6,9,12,19-20,23-24,28,30-31,33H,2-5,7-8,10-11,13-18,21-22,25-26H2,1H3/b9-6+,34-12-. The number of nitriles is 1. The van der Waals surface area contributed by atoms with Crippen molar-refractivity contribution in [2.45, 2.75) is 128 Å². The van der Waals surface area contributed by atoms with Crippen molar-refractivity contribution in [2.75, 3.05) is 0 Å². The number of nitrogens with zero attached hydrogens (tertiary/aromatic N) is 1. The van der Waals surface area contributed by atoms with E-state index >= 15 is 0 Å². The second kappa shape index (κ2) is 16.8. The second-order valence-corrected chi connectivity index (χ2v) is 11.7. The molecule has 0 unspecified atom stereocenters. The van der Waals surface area contributed by atoms with E-state index in [0.29, 0.717) is 0 Å². The van der Waals surface area contributed by atoms with Crippen LogP contribution in [0.25, 0.3) is 0 Å². The van der Waals surface area contributed by atoms with E-state index in [4.69, 9.17) is 5.26 Å². The number of hydrogen-bond acceptors (Lipinski definition) is 1. The average molecular weight is 492 g/mol. The monoisotopic (exact) mass is 491 g/mol. The topological polar surface area (TPSA) is 23.8 Å². The highest BCUT2D eigenvalue weighted by molar-refractivity contribution is 5.26. The van der Waals surface area contributed by atoms with E-state index in [1.807, 2.05) is 6.08 Å². The number of benzene rings is 1. The highest BCUT2D eigenvalue weighted by Gasteiger charge is 2.25. The van der Waals surface area contributed by atoms with Crippen molar-refractivity contribution < 1.29 is 4.39 Å². The predicted molar refractivity (Wildman–Crippen MR) is 151 cm³/mol. The van der Waals surface area contributed by atoms with Gasteiger partial charge in [-0.1, -0.05) is 108 Å². The quantitative estimate of drug-likeness (QED) is 0.144. The third kappa shape index (κ3) is 10.6. The molecule has 2 heteroatoms. The van der Waals surface area contributed by atoms with Crippen LogP contribution in [-0.4, -0.2) is 0 Å². The van der Waals surface area contributed by atoms with E-state index in [-0.39, 0.29) is 0 Å². The molecule has 0 heterocycles. The summed E-state index contributed by atoms with van der Waals surface area (Å²) in [5.74, 6) is 2.80. The highest BCUT2D eigenvalue weighted by atomic mass is 19.1. The molecule has 1 aromatic carbocycles. The molecule has 2 aliphatic rings. The molecular weight excluding hydrogens is 441 g/mol. The van der Waals surface area contributed by atoms with Crippen molar-refractivity contribution in [3.63, 3.8) is 0 Å². The summed E-state index contributed by atoms with van der Waals surface area (Å²) in [4.78, 5) is 0. The van der Waals surface area contributed by atoms with Crippen molar-refractivity contribution >= 4 is 0 Å². The maximum atomic E-state index is 12.8. The maximum absolute atomic E-state index is 12.8. The van der Waals surface area contributed by atoms with Crippen molar-refractivity contribution in [2.24, 2.45) is 17.8 Å². The van der Waals surface area contributed by atoms with Gasteiger partial charge in [0.2, 0.25) is 0 Å². The van der Waals surface area contributed by atoms with Crippen molar-refractivity contribution in [1.29, 1.82) is 5.26 Å². The zero-order chi connectivity index (χ0) is 25.4. The maximum Gasteiger partial charge on any atom is 0.199 e. The number of rotatable bonds is 14. The van der Waals surface area contributed by atoms with Crippen LogP contribution in [0.15, 0.2) is 48.3 Å². The third-order valence-corrected chi connectivity index (χ3v) is 9.04. The number of unbranched alkanes of at least 4 members (excludes halogenated alkanes) is 4. The van der Waals surface area contributed by atoms with Gasteiger partial charge in [-0.25, -0.2) is 0 Å². The Bertz CT molecular complexity index is 814. The number of aryl methyl sites for hydroxylation is 1. The molecule has 1 aromatic rings. The predicted octanol–water partition coefficient (Wildman–Crippen LogP) is 10.8. The summed E-state index contributed by atoms with van der Waals surface area (Å²) < 4.78 is 12.8. The van der Waals surface area contributed by atoms with Crippen LogP contribution in [0.4, 0.5) is 4.39 Å². The molecule has 1 nitrogen and oxygen atoms in total. The highest BCUT2D eigenvalue weighted by Crippen LogP contribution is 2.40. The van der Waals surface area contributed by atoms with Crippen LogP contribution >= 0.6 is 0 Å². The minimum atomic E-state index is -0.710. The van der Waals surface area contributed by atoms with Gasteiger partial charge in [-0.3, -0.25) is 0 Å². The Morgan fingerprint density at radius 2 is 1.42 bits per heavy atom. The molecule has 0 saturated heterocycles. The van der Waals surface area contributed by atoms with E-state index in [1.54, 1.807) is 11.6 Å². The first-order valence-electron chi connectivity index (χ1n) is 15.2. The van der Waals surface area contributed by atoms with Gasteiger partial charge < -0.3 is 0 Å². The Kier molecular flexibility index (Phi) is 13.4. The fourth-order valence-electron chi connectivity index (χ4n) is 6.57. The van der Waals surface area contributed by atoms with Crippen LogP contribution in [-0.2, 0) is 6.42 Å². The van der Waals surface area contributed by atoms with Gasteiger partial charge in [-0.15, -0.1) is 0 Å². The van der Waals surface area contributed by atoms with Gasteiger partial charge in [0.25, 0.3) is 0 Å². The molecule has 198 valence electrons. The molecule has 36 heavy (non-hydrogen) atoms. The first-order chi connectivity index (χ1) is 17.7. The average Bonchev–Trinajstić information content (AvgIpc) is 2.93. The molecule has 0 radical (unpaired) electrons. The van der Waals surface area contributed by atoms with Crippen molar-refractivity contribution in [1.82, 2.24) is 0 Å². The first-order valence-corrected chi connectivity index (χ1v) is 15.2. The lowest BCUT2D eigenvalue weighted by atomic mass is 9.74. The zero-order valence-electron chi connectivity index (χ0n) is 22.9. The molecule has 2 fully saturated rings. The fourth-order valence-corrected chi connectivity index (χ4v) is 6.57. The van der Waals surface area contributed by atoms with Crippen LogP contribution in [0.2, 0.25) is 0 Å². The Labute approximate surface area is 221 Å². The lowest BCUT2D eigenvalue weighted by Gasteiger charge is -2.32. The molecule has 2 saturated carbocycles. The third-order valence-electron chi connectivity index (χ3n) is 9.04. The molecule has 0 spiro atoms. The molecule has 0 atom stereocenters. The molecule has 0 bridgehead atoms. The summed E-state index contributed by atoms with van der Waals surface area (Å²) in [6, 6.07) is 11.2. The van der Waals surface area contributed by atoms with Crippen LogP contribution in [0.5, 0.6) is 0 Å². The summed E-state index contributed by atoms with van der Waals surface area (Å²) in [5.41, 5.74) is 3.11. The van der Waals surface area contributed by atoms with Gasteiger partial charge >= 0.3 is 0 Å². The second-order valence-electron chi connectivity index (χ2n) is 11.7. The Hall–Kier alpha value is -1.88. The molecule has 0 aliphatic heterocycles. The molecule has 0 N–H and O–H groups in total. The molecule has 0 aromatic heterocycles. The van der Waals surface area contributed by atoms with Gasteiger partial charge in [-0.2, -0.15) is 9.65 Å². The minimum absolute atomic E-state index is 0.710. The van der Waals surface area contributed by atoms with Crippen LogP contribution in [0.3, 0.4) is 0 Å². The summed E-state index contributed by atoms with van der Waals surface area (Å²) in [6.45, 7) is 2.28. The molecule has 0 amide bonds. The van der Waals surface area contributed by atoms with Crippen molar-refractivity contribution in [3.8, 4) is 6.07 Å². The van der Waals surface area contributed by atoms with Crippen LogP contribution in [0, 0.1) is 29.1 Å². The SMILES string of the molecule is CCCCCCCc1ccc(C2CCC(CCC3CCC(CC/C=C/C=C(\F)C#N)CC3)CC2)cc1.